The Morgan fingerprint density at radius 2 is 2.12 bits per heavy atom. The van der Waals surface area contributed by atoms with Gasteiger partial charge in [0.1, 0.15) is 0 Å². The maximum Gasteiger partial charge on any atom is 0.0700 e. The normalized spacial score (nSPS) is 10.6. The van der Waals surface area contributed by atoms with Gasteiger partial charge in [-0.3, -0.25) is 4.98 Å². The van der Waals surface area contributed by atoms with Crippen LogP contribution in [-0.4, -0.2) is 38.5 Å². The van der Waals surface area contributed by atoms with Gasteiger partial charge in [0.15, 0.2) is 0 Å². The van der Waals surface area contributed by atoms with Gasteiger partial charge in [0.2, 0.25) is 0 Å². The van der Waals surface area contributed by atoms with Gasteiger partial charge in [0.05, 0.1) is 18.9 Å². The summed E-state index contributed by atoms with van der Waals surface area (Å²) in [4.78, 5) is 4.25. The Labute approximate surface area is 103 Å². The predicted molar refractivity (Wildman–Crippen MR) is 67.9 cm³/mol. The molecule has 0 bridgehead atoms. The topological polar surface area (TPSA) is 43.4 Å². The van der Waals surface area contributed by atoms with Gasteiger partial charge < -0.3 is 14.8 Å². The molecular formula is C13H22N2O2. The molecule has 0 aliphatic rings. The lowest BCUT2D eigenvalue weighted by Gasteiger charge is -2.05. The highest BCUT2D eigenvalue weighted by atomic mass is 16.5. The van der Waals surface area contributed by atoms with Crippen LogP contribution in [0.15, 0.2) is 24.4 Å². The van der Waals surface area contributed by atoms with E-state index in [1.165, 1.54) is 0 Å². The second kappa shape index (κ2) is 10.2. The Morgan fingerprint density at radius 3 is 2.88 bits per heavy atom. The van der Waals surface area contributed by atoms with Crippen LogP contribution in [0, 0.1) is 0 Å². The van der Waals surface area contributed by atoms with E-state index in [9.17, 15) is 0 Å². The molecule has 1 heterocycles. The molecular weight excluding hydrogens is 216 g/mol. The van der Waals surface area contributed by atoms with E-state index < -0.39 is 0 Å². The second-order valence-corrected chi connectivity index (χ2v) is 3.81. The van der Waals surface area contributed by atoms with E-state index in [2.05, 4.69) is 10.3 Å². The van der Waals surface area contributed by atoms with Crippen molar-refractivity contribution in [3.8, 4) is 0 Å². The minimum atomic E-state index is 0.678. The summed E-state index contributed by atoms with van der Waals surface area (Å²) in [7, 11) is 1.69. The number of hydrogen-bond donors (Lipinski definition) is 1. The van der Waals surface area contributed by atoms with Gasteiger partial charge in [0.25, 0.3) is 0 Å². The first kappa shape index (κ1) is 14.1. The number of nitrogens with one attached hydrogen (secondary N) is 1. The minimum Gasteiger partial charge on any atom is -0.382 e. The third-order valence-corrected chi connectivity index (χ3v) is 2.36. The number of pyridine rings is 1. The summed E-state index contributed by atoms with van der Waals surface area (Å²) in [5.74, 6) is 0. The summed E-state index contributed by atoms with van der Waals surface area (Å²) < 4.78 is 10.3. The number of rotatable bonds is 10. The van der Waals surface area contributed by atoms with Gasteiger partial charge in [-0.25, -0.2) is 0 Å². The van der Waals surface area contributed by atoms with E-state index in [0.29, 0.717) is 13.2 Å². The molecule has 0 unspecified atom stereocenters. The molecule has 0 spiro atoms. The molecule has 0 atom stereocenters. The molecule has 1 rings (SSSR count). The standard InChI is InChI=1S/C13H22N2O2/c1-16-10-11-17-9-5-4-7-14-12-13-6-2-3-8-15-13/h2-3,6,8,14H,4-5,7,9-12H2,1H3. The smallest absolute Gasteiger partial charge is 0.0700 e. The van der Waals surface area contributed by atoms with Crippen molar-refractivity contribution in [3.05, 3.63) is 30.1 Å². The number of methoxy groups -OCH3 is 1. The Morgan fingerprint density at radius 1 is 1.18 bits per heavy atom. The highest BCUT2D eigenvalue weighted by Crippen LogP contribution is 1.93. The summed E-state index contributed by atoms with van der Waals surface area (Å²) in [6.07, 6.45) is 4.03. The highest BCUT2D eigenvalue weighted by molar-refractivity contribution is 5.02. The van der Waals surface area contributed by atoms with Gasteiger partial charge in [-0.05, 0) is 31.5 Å². The SMILES string of the molecule is COCCOCCCCNCc1ccccn1. The first-order valence-corrected chi connectivity index (χ1v) is 6.11. The van der Waals surface area contributed by atoms with Crippen molar-refractivity contribution in [1.29, 1.82) is 0 Å². The second-order valence-electron chi connectivity index (χ2n) is 3.81. The van der Waals surface area contributed by atoms with E-state index in [1.54, 1.807) is 7.11 Å². The first-order chi connectivity index (χ1) is 8.43. The monoisotopic (exact) mass is 238 g/mol. The van der Waals surface area contributed by atoms with Crippen molar-refractivity contribution in [3.63, 3.8) is 0 Å². The summed E-state index contributed by atoms with van der Waals surface area (Å²) in [6, 6.07) is 5.97. The summed E-state index contributed by atoms with van der Waals surface area (Å²) in [6.45, 7) is 4.03. The zero-order valence-corrected chi connectivity index (χ0v) is 10.5. The lowest BCUT2D eigenvalue weighted by atomic mass is 10.3. The molecule has 1 aromatic rings. The predicted octanol–water partition coefficient (Wildman–Crippen LogP) is 1.61. The third-order valence-electron chi connectivity index (χ3n) is 2.36. The lowest BCUT2D eigenvalue weighted by Crippen LogP contribution is -2.16. The first-order valence-electron chi connectivity index (χ1n) is 6.11. The number of aromatic nitrogens is 1. The minimum absolute atomic E-state index is 0.678. The maximum absolute atomic E-state index is 5.37. The maximum atomic E-state index is 5.37. The van der Waals surface area contributed by atoms with Crippen LogP contribution in [0.4, 0.5) is 0 Å². The van der Waals surface area contributed by atoms with Gasteiger partial charge in [-0.1, -0.05) is 6.07 Å². The average molecular weight is 238 g/mol. The van der Waals surface area contributed by atoms with Crippen molar-refractivity contribution < 1.29 is 9.47 Å². The molecule has 0 amide bonds. The molecule has 4 nitrogen and oxygen atoms in total. The molecule has 17 heavy (non-hydrogen) atoms. The van der Waals surface area contributed by atoms with Crippen molar-refractivity contribution in [2.75, 3.05) is 33.5 Å². The lowest BCUT2D eigenvalue weighted by molar-refractivity contribution is 0.0688. The molecule has 96 valence electrons. The Bertz CT molecular complexity index is 267. The fraction of sp³-hybridized carbons (Fsp3) is 0.615. The zero-order chi connectivity index (χ0) is 12.2. The van der Waals surface area contributed by atoms with Crippen LogP contribution < -0.4 is 5.32 Å². The van der Waals surface area contributed by atoms with Crippen LogP contribution in [0.1, 0.15) is 18.5 Å². The third kappa shape index (κ3) is 7.85. The number of unbranched alkanes of at least 4 members (excludes halogenated alkanes) is 1. The van der Waals surface area contributed by atoms with Crippen LogP contribution in [0.25, 0.3) is 0 Å². The fourth-order valence-corrected chi connectivity index (χ4v) is 1.42. The van der Waals surface area contributed by atoms with Gasteiger partial charge in [-0.15, -0.1) is 0 Å². The van der Waals surface area contributed by atoms with E-state index in [1.807, 2.05) is 24.4 Å². The van der Waals surface area contributed by atoms with Crippen molar-refractivity contribution in [2.24, 2.45) is 0 Å². The molecule has 1 aromatic heterocycles. The van der Waals surface area contributed by atoms with Crippen molar-refractivity contribution >= 4 is 0 Å². The van der Waals surface area contributed by atoms with Crippen LogP contribution >= 0.6 is 0 Å². The largest absolute Gasteiger partial charge is 0.382 e. The molecule has 0 aliphatic heterocycles. The molecule has 0 fully saturated rings. The van der Waals surface area contributed by atoms with E-state index >= 15 is 0 Å². The van der Waals surface area contributed by atoms with Crippen LogP contribution in [-0.2, 0) is 16.0 Å². The van der Waals surface area contributed by atoms with Crippen LogP contribution in [0.2, 0.25) is 0 Å². The van der Waals surface area contributed by atoms with Gasteiger partial charge in [-0.2, -0.15) is 0 Å². The highest BCUT2D eigenvalue weighted by Gasteiger charge is 1.93. The molecule has 4 heteroatoms. The molecule has 0 aromatic carbocycles. The molecule has 0 saturated heterocycles. The Balaban J connectivity index is 1.85. The molecule has 1 N–H and O–H groups in total. The molecule has 0 radical (unpaired) electrons. The van der Waals surface area contributed by atoms with E-state index in [0.717, 1.165) is 38.2 Å². The zero-order valence-electron chi connectivity index (χ0n) is 10.5. The summed E-state index contributed by atoms with van der Waals surface area (Å²) in [5, 5.41) is 3.36. The van der Waals surface area contributed by atoms with E-state index in [-0.39, 0.29) is 0 Å². The summed E-state index contributed by atoms with van der Waals surface area (Å²) in [5.41, 5.74) is 1.09. The Hall–Kier alpha value is -0.970. The average Bonchev–Trinajstić information content (AvgIpc) is 2.38. The van der Waals surface area contributed by atoms with Gasteiger partial charge in [0, 0.05) is 26.5 Å². The number of nitrogens with zero attached hydrogens (tertiary/aromatic N) is 1. The fourth-order valence-electron chi connectivity index (χ4n) is 1.42. The van der Waals surface area contributed by atoms with Gasteiger partial charge >= 0.3 is 0 Å². The van der Waals surface area contributed by atoms with Crippen molar-refractivity contribution in [2.45, 2.75) is 19.4 Å². The van der Waals surface area contributed by atoms with Crippen molar-refractivity contribution in [1.82, 2.24) is 10.3 Å². The van der Waals surface area contributed by atoms with Crippen LogP contribution in [0.3, 0.4) is 0 Å². The number of ether oxygens (including phenoxy) is 2. The summed E-state index contributed by atoms with van der Waals surface area (Å²) >= 11 is 0. The number of hydrogen-bond acceptors (Lipinski definition) is 4. The quantitative estimate of drug-likeness (QED) is 0.629. The van der Waals surface area contributed by atoms with Crippen LogP contribution in [0.5, 0.6) is 0 Å². The Kier molecular flexibility index (Phi) is 8.46. The molecule has 0 aliphatic carbocycles. The van der Waals surface area contributed by atoms with E-state index in [4.69, 9.17) is 9.47 Å². The molecule has 0 saturated carbocycles.